The average Bonchev–Trinajstić information content (AvgIpc) is 2.19. The molecule has 0 aliphatic rings. The summed E-state index contributed by atoms with van der Waals surface area (Å²) in [5.41, 5.74) is 0. The van der Waals surface area contributed by atoms with Gasteiger partial charge in [-0.05, 0) is 24.3 Å². The molecule has 0 fully saturated rings. The Labute approximate surface area is 81.8 Å². The summed E-state index contributed by atoms with van der Waals surface area (Å²) in [6, 6.07) is 15.4. The van der Waals surface area contributed by atoms with Crippen molar-refractivity contribution >= 4 is 0 Å². The predicted molar refractivity (Wildman–Crippen MR) is 52.9 cm³/mol. The summed E-state index contributed by atoms with van der Waals surface area (Å²) in [4.78, 5) is 0. The molecule has 0 heterocycles. The van der Waals surface area contributed by atoms with Crippen LogP contribution in [0.15, 0.2) is 54.6 Å². The van der Waals surface area contributed by atoms with Crippen molar-refractivity contribution in [2.24, 2.45) is 0 Å². The third kappa shape index (κ3) is 2.10. The summed E-state index contributed by atoms with van der Waals surface area (Å²) in [5, 5.41) is 0. The van der Waals surface area contributed by atoms with Crippen molar-refractivity contribution < 1.29 is 9.13 Å². The van der Waals surface area contributed by atoms with Crippen LogP contribution in [0.3, 0.4) is 0 Å². The second-order valence-electron chi connectivity index (χ2n) is 2.87. The van der Waals surface area contributed by atoms with Gasteiger partial charge in [0.1, 0.15) is 17.3 Å². The van der Waals surface area contributed by atoms with Gasteiger partial charge in [0, 0.05) is 6.07 Å². The van der Waals surface area contributed by atoms with Crippen molar-refractivity contribution in [3.05, 3.63) is 60.4 Å². The van der Waals surface area contributed by atoms with Gasteiger partial charge in [-0.2, -0.15) is 0 Å². The molecule has 0 amide bonds. The van der Waals surface area contributed by atoms with Crippen LogP contribution in [0.5, 0.6) is 11.5 Å². The van der Waals surface area contributed by atoms with E-state index >= 15 is 0 Å². The monoisotopic (exact) mass is 188 g/mol. The Morgan fingerprint density at radius 1 is 0.786 bits per heavy atom. The quantitative estimate of drug-likeness (QED) is 0.699. The average molecular weight is 188 g/mol. The van der Waals surface area contributed by atoms with E-state index in [0.717, 1.165) is 0 Å². The number of ether oxygens (including phenoxy) is 1. The van der Waals surface area contributed by atoms with Crippen molar-refractivity contribution in [3.63, 3.8) is 0 Å². The highest BCUT2D eigenvalue weighted by Gasteiger charge is 1.96. The molecule has 2 aromatic rings. The number of benzene rings is 2. The summed E-state index contributed by atoms with van der Waals surface area (Å²) in [6.45, 7) is 0. The fourth-order valence-corrected chi connectivity index (χ4v) is 1.16. The molecule has 2 rings (SSSR count). The number of rotatable bonds is 2. The fourth-order valence-electron chi connectivity index (χ4n) is 1.16. The molecule has 0 aliphatic heterocycles. The van der Waals surface area contributed by atoms with Gasteiger partial charge < -0.3 is 4.74 Å². The molecule has 0 saturated heterocycles. The number of para-hydroxylation sites is 1. The Bertz CT molecular complexity index is 412. The van der Waals surface area contributed by atoms with Gasteiger partial charge >= 0.3 is 0 Å². The summed E-state index contributed by atoms with van der Waals surface area (Å²) in [6.07, 6.45) is 0. The molecule has 1 nitrogen and oxygen atoms in total. The van der Waals surface area contributed by atoms with Crippen LogP contribution in [0.4, 0.5) is 4.39 Å². The molecule has 0 radical (unpaired) electrons. The van der Waals surface area contributed by atoms with Crippen LogP contribution in [0, 0.1) is 5.82 Å². The van der Waals surface area contributed by atoms with E-state index in [-0.39, 0.29) is 5.82 Å². The summed E-state index contributed by atoms with van der Waals surface area (Å²) in [7, 11) is 0. The van der Waals surface area contributed by atoms with Crippen LogP contribution in [-0.2, 0) is 0 Å². The molecule has 0 bridgehead atoms. The molecule has 70 valence electrons. The predicted octanol–water partition coefficient (Wildman–Crippen LogP) is 3.62. The smallest absolute Gasteiger partial charge is 0.130 e. The van der Waals surface area contributed by atoms with Crippen LogP contribution >= 0.6 is 0 Å². The minimum atomic E-state index is -0.293. The van der Waals surface area contributed by atoms with Crippen LogP contribution in [0.2, 0.25) is 0 Å². The molecule has 0 aromatic heterocycles. The van der Waals surface area contributed by atoms with Gasteiger partial charge in [-0.25, -0.2) is 4.39 Å². The second kappa shape index (κ2) is 3.92. The van der Waals surface area contributed by atoms with Gasteiger partial charge in [-0.15, -0.1) is 0 Å². The van der Waals surface area contributed by atoms with Crippen LogP contribution in [0.1, 0.15) is 0 Å². The molecule has 0 atom stereocenters. The zero-order chi connectivity index (χ0) is 9.80. The molecule has 0 aliphatic carbocycles. The van der Waals surface area contributed by atoms with Crippen molar-refractivity contribution in [1.29, 1.82) is 0 Å². The normalized spacial score (nSPS) is 9.79. The van der Waals surface area contributed by atoms with Gasteiger partial charge in [0.05, 0.1) is 0 Å². The topological polar surface area (TPSA) is 9.23 Å². The Kier molecular flexibility index (Phi) is 2.45. The van der Waals surface area contributed by atoms with E-state index in [1.54, 1.807) is 12.1 Å². The molecule has 14 heavy (non-hydrogen) atoms. The Morgan fingerprint density at radius 2 is 1.50 bits per heavy atom. The first-order chi connectivity index (χ1) is 6.84. The lowest BCUT2D eigenvalue weighted by molar-refractivity contribution is 0.477. The van der Waals surface area contributed by atoms with Crippen LogP contribution in [-0.4, -0.2) is 0 Å². The van der Waals surface area contributed by atoms with Crippen molar-refractivity contribution in [1.82, 2.24) is 0 Å². The maximum Gasteiger partial charge on any atom is 0.130 e. The third-order valence-electron chi connectivity index (χ3n) is 1.77. The molecule has 2 heteroatoms. The van der Waals surface area contributed by atoms with E-state index in [4.69, 9.17) is 4.74 Å². The fraction of sp³-hybridized carbons (Fsp3) is 0. The standard InChI is InChI=1S/C12H9FO/c13-10-5-4-8-12(9-10)14-11-6-2-1-3-7-11/h1-9H. The minimum Gasteiger partial charge on any atom is -0.457 e. The van der Waals surface area contributed by atoms with E-state index < -0.39 is 0 Å². The third-order valence-corrected chi connectivity index (χ3v) is 1.77. The summed E-state index contributed by atoms with van der Waals surface area (Å²) < 4.78 is 18.2. The maximum absolute atomic E-state index is 12.8. The van der Waals surface area contributed by atoms with Crippen molar-refractivity contribution in [2.75, 3.05) is 0 Å². The second-order valence-corrected chi connectivity index (χ2v) is 2.87. The molecular formula is C12H9FO. The molecule has 2 aromatic carbocycles. The van der Waals surface area contributed by atoms with E-state index in [1.807, 2.05) is 30.3 Å². The van der Waals surface area contributed by atoms with Crippen LogP contribution < -0.4 is 4.74 Å². The molecule has 0 N–H and O–H groups in total. The number of halogens is 1. The Hall–Kier alpha value is -1.83. The first-order valence-electron chi connectivity index (χ1n) is 4.33. The van der Waals surface area contributed by atoms with Crippen molar-refractivity contribution in [3.8, 4) is 11.5 Å². The summed E-state index contributed by atoms with van der Waals surface area (Å²) in [5.74, 6) is 0.924. The SMILES string of the molecule is Fc1cccc(Oc2ccccc2)c1. The highest BCUT2D eigenvalue weighted by atomic mass is 19.1. The zero-order valence-electron chi connectivity index (χ0n) is 7.48. The molecule has 0 saturated carbocycles. The number of hydrogen-bond donors (Lipinski definition) is 0. The van der Waals surface area contributed by atoms with E-state index in [0.29, 0.717) is 11.5 Å². The molecular weight excluding hydrogens is 179 g/mol. The lowest BCUT2D eigenvalue weighted by Crippen LogP contribution is -1.83. The van der Waals surface area contributed by atoms with Crippen LogP contribution in [0.25, 0.3) is 0 Å². The van der Waals surface area contributed by atoms with E-state index in [9.17, 15) is 4.39 Å². The molecule has 0 spiro atoms. The highest BCUT2D eigenvalue weighted by molar-refractivity contribution is 5.30. The first-order valence-corrected chi connectivity index (χ1v) is 4.33. The summed E-state index contributed by atoms with van der Waals surface area (Å²) >= 11 is 0. The van der Waals surface area contributed by atoms with E-state index in [1.165, 1.54) is 12.1 Å². The first kappa shape index (κ1) is 8.75. The van der Waals surface area contributed by atoms with Gasteiger partial charge in [0.15, 0.2) is 0 Å². The van der Waals surface area contributed by atoms with E-state index in [2.05, 4.69) is 0 Å². The largest absolute Gasteiger partial charge is 0.457 e. The number of hydrogen-bond acceptors (Lipinski definition) is 1. The maximum atomic E-state index is 12.8. The Morgan fingerprint density at radius 3 is 2.21 bits per heavy atom. The highest BCUT2D eigenvalue weighted by Crippen LogP contribution is 2.20. The van der Waals surface area contributed by atoms with Gasteiger partial charge in [0.25, 0.3) is 0 Å². The Balaban J connectivity index is 2.19. The van der Waals surface area contributed by atoms with Gasteiger partial charge in [-0.3, -0.25) is 0 Å². The van der Waals surface area contributed by atoms with Gasteiger partial charge in [0.2, 0.25) is 0 Å². The van der Waals surface area contributed by atoms with Gasteiger partial charge in [-0.1, -0.05) is 24.3 Å². The lowest BCUT2D eigenvalue weighted by Gasteiger charge is -2.04. The lowest BCUT2D eigenvalue weighted by atomic mass is 10.3. The van der Waals surface area contributed by atoms with Crippen molar-refractivity contribution in [2.45, 2.75) is 0 Å². The minimum absolute atomic E-state index is 0.293. The zero-order valence-corrected chi connectivity index (χ0v) is 7.48. The molecule has 0 unspecified atom stereocenters.